The molecule has 0 radical (unpaired) electrons. The summed E-state index contributed by atoms with van der Waals surface area (Å²) in [5, 5.41) is 22.2. The van der Waals surface area contributed by atoms with E-state index in [4.69, 9.17) is 21.0 Å². The Morgan fingerprint density at radius 3 is 2.45 bits per heavy atom. The van der Waals surface area contributed by atoms with E-state index in [1.54, 1.807) is 4.90 Å². The van der Waals surface area contributed by atoms with Gasteiger partial charge in [-0.05, 0) is 84.6 Å². The van der Waals surface area contributed by atoms with Crippen molar-refractivity contribution >= 4 is 59.0 Å². The van der Waals surface area contributed by atoms with Crippen molar-refractivity contribution in [2.24, 2.45) is 5.73 Å². The quantitative estimate of drug-likeness (QED) is 0.248. The number of benzene rings is 3. The molecule has 0 saturated carbocycles. The highest BCUT2D eigenvalue weighted by atomic mass is 35.5. The number of hydrogen-bond donors (Lipinski definition) is 4. The summed E-state index contributed by atoms with van der Waals surface area (Å²) >= 11 is 0. The summed E-state index contributed by atoms with van der Waals surface area (Å²) in [7, 11) is 0. The molecule has 0 bridgehead atoms. The third-order valence-electron chi connectivity index (χ3n) is 7.01. The first-order valence-electron chi connectivity index (χ1n) is 12.3. The first-order valence-corrected chi connectivity index (χ1v) is 12.3. The van der Waals surface area contributed by atoms with Gasteiger partial charge in [-0.15, -0.1) is 24.8 Å². The second-order valence-electron chi connectivity index (χ2n) is 9.47. The minimum atomic E-state index is -0.993. The summed E-state index contributed by atoms with van der Waals surface area (Å²) < 4.78 is 6.24. The third kappa shape index (κ3) is 6.20. The highest BCUT2D eigenvalue weighted by Crippen LogP contribution is 2.43. The van der Waals surface area contributed by atoms with Gasteiger partial charge in [0.15, 0.2) is 0 Å². The largest absolute Gasteiger partial charge is 0.490 e. The number of hydrogen-bond acceptors (Lipinski definition) is 5. The van der Waals surface area contributed by atoms with Crippen molar-refractivity contribution in [3.63, 3.8) is 0 Å². The number of nitrogens with two attached hydrogens (primary N) is 1. The normalized spacial score (nSPS) is 16.7. The predicted molar refractivity (Wildman–Crippen MR) is 153 cm³/mol. The first-order chi connectivity index (χ1) is 17.4. The lowest BCUT2D eigenvalue weighted by Gasteiger charge is -2.26. The first kappa shape index (κ1) is 29.2. The number of aliphatic carboxylic acids is 1. The van der Waals surface area contributed by atoms with Gasteiger partial charge in [0.05, 0.1) is 12.5 Å². The van der Waals surface area contributed by atoms with E-state index < -0.39 is 5.97 Å². The topological polar surface area (TPSA) is 129 Å². The van der Waals surface area contributed by atoms with E-state index in [1.807, 2.05) is 54.6 Å². The van der Waals surface area contributed by atoms with Crippen molar-refractivity contribution in [3.8, 4) is 5.75 Å². The van der Waals surface area contributed by atoms with Crippen LogP contribution in [-0.4, -0.2) is 42.0 Å². The predicted octanol–water partition coefficient (Wildman–Crippen LogP) is 4.59. The monoisotopic (exact) mass is 558 g/mol. The van der Waals surface area contributed by atoms with Gasteiger partial charge >= 0.3 is 5.97 Å². The molecule has 3 aromatic carbocycles. The summed E-state index contributed by atoms with van der Waals surface area (Å²) in [5.41, 5.74) is 9.08. The van der Waals surface area contributed by atoms with Crippen LogP contribution >= 0.6 is 24.8 Å². The molecule has 5 rings (SSSR count). The Balaban J connectivity index is 0.00000200. The van der Waals surface area contributed by atoms with Crippen LogP contribution in [0.15, 0.2) is 54.6 Å². The van der Waals surface area contributed by atoms with E-state index >= 15 is 0 Å². The smallest absolute Gasteiger partial charge is 0.303 e. The summed E-state index contributed by atoms with van der Waals surface area (Å²) in [5.74, 6) is -0.413. The number of carbonyl (C=O) groups is 2. The number of ether oxygens (including phenoxy) is 1. The Hall–Kier alpha value is -3.33. The van der Waals surface area contributed by atoms with Gasteiger partial charge in [-0.2, -0.15) is 0 Å². The number of nitrogen functional groups attached to an aromatic ring is 1. The van der Waals surface area contributed by atoms with Crippen molar-refractivity contribution < 1.29 is 19.4 Å². The zero-order valence-electron chi connectivity index (χ0n) is 20.8. The molecule has 0 aliphatic carbocycles. The molecule has 1 saturated heterocycles. The van der Waals surface area contributed by atoms with Crippen molar-refractivity contribution in [1.82, 2.24) is 5.32 Å². The molecule has 5 N–H and O–H groups in total. The Kier molecular flexibility index (Phi) is 9.60. The number of anilines is 1. The van der Waals surface area contributed by atoms with Crippen molar-refractivity contribution in [3.05, 3.63) is 71.3 Å². The van der Waals surface area contributed by atoms with Gasteiger partial charge in [0.25, 0.3) is 0 Å². The van der Waals surface area contributed by atoms with Crippen LogP contribution in [0.25, 0.3) is 10.8 Å². The van der Waals surface area contributed by atoms with Crippen LogP contribution in [0, 0.1) is 5.41 Å². The van der Waals surface area contributed by atoms with Gasteiger partial charge in [-0.1, -0.05) is 24.3 Å². The zero-order chi connectivity index (χ0) is 25.2. The third-order valence-corrected chi connectivity index (χ3v) is 7.01. The molecule has 10 heteroatoms. The molecule has 2 heterocycles. The lowest BCUT2D eigenvalue weighted by Crippen LogP contribution is -2.34. The number of piperidine rings is 1. The molecule has 202 valence electrons. The molecule has 38 heavy (non-hydrogen) atoms. The van der Waals surface area contributed by atoms with Gasteiger partial charge in [0.2, 0.25) is 5.91 Å². The van der Waals surface area contributed by atoms with Gasteiger partial charge in [-0.3, -0.25) is 15.0 Å². The lowest BCUT2D eigenvalue weighted by molar-refractivity contribution is -0.138. The molecule has 1 atom stereocenters. The fourth-order valence-corrected chi connectivity index (χ4v) is 5.16. The van der Waals surface area contributed by atoms with Gasteiger partial charge in [0.1, 0.15) is 17.7 Å². The van der Waals surface area contributed by atoms with Crippen LogP contribution in [-0.2, 0) is 16.0 Å². The van der Waals surface area contributed by atoms with Crippen LogP contribution in [0.3, 0.4) is 0 Å². The van der Waals surface area contributed by atoms with E-state index in [2.05, 4.69) is 5.32 Å². The van der Waals surface area contributed by atoms with E-state index in [-0.39, 0.29) is 61.5 Å². The molecule has 0 aromatic heterocycles. The minimum Gasteiger partial charge on any atom is -0.490 e. The SMILES string of the molecule is Cl.Cl.N=C(N)c1ccc2ccc(C3Cc4cc(OC5CCNCC5)ccc4N3C(=O)CCC(=O)O)cc2c1. The molecular weight excluding hydrogens is 527 g/mol. The number of halogens is 2. The van der Waals surface area contributed by atoms with Gasteiger partial charge in [0, 0.05) is 17.7 Å². The average molecular weight is 559 g/mol. The summed E-state index contributed by atoms with van der Waals surface area (Å²) in [6.07, 6.45) is 2.41. The summed E-state index contributed by atoms with van der Waals surface area (Å²) in [4.78, 5) is 26.2. The Morgan fingerprint density at radius 2 is 1.74 bits per heavy atom. The molecule has 2 aliphatic rings. The molecule has 1 amide bonds. The minimum absolute atomic E-state index is 0. The highest BCUT2D eigenvalue weighted by Gasteiger charge is 2.35. The maximum Gasteiger partial charge on any atom is 0.303 e. The van der Waals surface area contributed by atoms with Crippen LogP contribution in [0.5, 0.6) is 5.75 Å². The molecular formula is C28H32Cl2N4O4. The van der Waals surface area contributed by atoms with E-state index in [0.717, 1.165) is 59.3 Å². The van der Waals surface area contributed by atoms with Crippen LogP contribution in [0.1, 0.15) is 48.4 Å². The number of amidine groups is 1. The van der Waals surface area contributed by atoms with Crippen molar-refractivity contribution in [2.45, 2.75) is 44.2 Å². The fraction of sp³-hybridized carbons (Fsp3) is 0.321. The van der Waals surface area contributed by atoms with Gasteiger partial charge in [-0.25, -0.2) is 0 Å². The van der Waals surface area contributed by atoms with E-state index in [1.165, 1.54) is 0 Å². The average Bonchev–Trinajstić information content (AvgIpc) is 3.26. The number of carboxylic acids is 1. The number of rotatable bonds is 7. The second-order valence-corrected chi connectivity index (χ2v) is 9.47. The Labute approximate surface area is 233 Å². The Morgan fingerprint density at radius 1 is 1.00 bits per heavy atom. The molecule has 1 unspecified atom stereocenters. The number of nitrogens with one attached hydrogen (secondary N) is 2. The lowest BCUT2D eigenvalue weighted by atomic mass is 9.97. The van der Waals surface area contributed by atoms with Crippen LogP contribution < -0.4 is 20.7 Å². The van der Waals surface area contributed by atoms with E-state index in [0.29, 0.717) is 12.0 Å². The summed E-state index contributed by atoms with van der Waals surface area (Å²) in [6.45, 7) is 1.88. The number of carbonyl (C=O) groups excluding carboxylic acids is 1. The van der Waals surface area contributed by atoms with Gasteiger partial charge < -0.3 is 25.8 Å². The maximum absolute atomic E-state index is 13.3. The highest BCUT2D eigenvalue weighted by molar-refractivity contribution is 6.00. The van der Waals surface area contributed by atoms with Crippen LogP contribution in [0.4, 0.5) is 5.69 Å². The summed E-state index contributed by atoms with van der Waals surface area (Å²) in [6, 6.07) is 17.2. The zero-order valence-corrected chi connectivity index (χ0v) is 22.4. The number of fused-ring (bicyclic) bond motifs is 2. The second kappa shape index (κ2) is 12.5. The molecule has 0 spiro atoms. The number of carboxylic acid groups (broad SMARTS) is 1. The molecule has 1 fully saturated rings. The number of amides is 1. The van der Waals surface area contributed by atoms with Crippen LogP contribution in [0.2, 0.25) is 0 Å². The Bertz CT molecular complexity index is 1340. The molecule has 3 aromatic rings. The maximum atomic E-state index is 13.3. The number of nitrogens with zero attached hydrogens (tertiary/aromatic N) is 1. The molecule has 2 aliphatic heterocycles. The van der Waals surface area contributed by atoms with Crippen molar-refractivity contribution in [1.29, 1.82) is 5.41 Å². The molecule has 8 nitrogen and oxygen atoms in total. The van der Waals surface area contributed by atoms with E-state index in [9.17, 15) is 9.59 Å². The standard InChI is InChI=1S/C28H30N4O4.2ClH/c29-28(30)19-4-2-17-1-3-18(13-20(17)14-19)25-16-21-15-23(36-22-9-11-31-12-10-22)5-6-24(21)32(25)26(33)7-8-27(34)35;;/h1-6,13-15,22,25,31H,7-12,16H2,(H3,29,30)(H,34,35);2*1H. The van der Waals surface area contributed by atoms with Crippen molar-refractivity contribution in [2.75, 3.05) is 18.0 Å². The fourth-order valence-electron chi connectivity index (χ4n) is 5.16.